The molecular weight excluding hydrogens is 879 g/mol. The van der Waals surface area contributed by atoms with Gasteiger partial charge in [0.1, 0.15) is 0 Å². The molecule has 0 saturated carbocycles. The normalized spacial score (nSPS) is 11.3. The molecule has 3 heterocycles. The van der Waals surface area contributed by atoms with E-state index in [-0.39, 0.29) is 0 Å². The first-order chi connectivity index (χ1) is 35.6. The second kappa shape index (κ2) is 17.4. The Morgan fingerprint density at radius 2 is 0.722 bits per heavy atom. The molecule has 7 heteroatoms. The highest BCUT2D eigenvalue weighted by Gasteiger charge is 2.24. The quantitative estimate of drug-likeness (QED) is 0.143. The molecule has 72 heavy (non-hydrogen) atoms. The average Bonchev–Trinajstić information content (AvgIpc) is 3.97. The van der Waals surface area contributed by atoms with Gasteiger partial charge in [-0.3, -0.25) is 0 Å². The lowest BCUT2D eigenvalue weighted by Gasteiger charge is -2.18. The van der Waals surface area contributed by atoms with Crippen LogP contribution in [0.5, 0.6) is 0 Å². The number of nitrogens with zero attached hydrogens (tertiary/aromatic N) is 7. The Hall–Kier alpha value is -10.2. The molecule has 3 aromatic heterocycles. The van der Waals surface area contributed by atoms with Gasteiger partial charge >= 0.3 is 0 Å². The predicted octanol–water partition coefficient (Wildman–Crippen LogP) is 17.2. The Labute approximate surface area is 415 Å². The van der Waals surface area contributed by atoms with E-state index < -0.39 is 0 Å². The number of fused-ring (bicyclic) bond motifs is 6. The summed E-state index contributed by atoms with van der Waals surface area (Å²) >= 11 is 0. The van der Waals surface area contributed by atoms with Crippen molar-refractivity contribution in [1.82, 2.24) is 24.1 Å². The third-order valence-electron chi connectivity index (χ3n) is 13.6. The van der Waals surface area contributed by atoms with Crippen molar-refractivity contribution < 1.29 is 0 Å². The second-order valence-electron chi connectivity index (χ2n) is 17.8. The van der Waals surface area contributed by atoms with E-state index in [0.29, 0.717) is 28.8 Å². The summed E-state index contributed by atoms with van der Waals surface area (Å²) in [5.74, 6) is 1.43. The van der Waals surface area contributed by atoms with E-state index in [9.17, 15) is 0 Å². The van der Waals surface area contributed by atoms with E-state index in [4.69, 9.17) is 28.1 Å². The molecule has 10 aromatic carbocycles. The summed E-state index contributed by atoms with van der Waals surface area (Å²) in [6.45, 7) is 16.1. The lowest BCUT2D eigenvalue weighted by Crippen LogP contribution is -2.05. The molecule has 0 atom stereocenters. The van der Waals surface area contributed by atoms with E-state index in [0.717, 1.165) is 105 Å². The molecule has 0 N–H and O–H groups in total. The fourth-order valence-corrected chi connectivity index (χ4v) is 10.2. The topological polar surface area (TPSA) is 57.2 Å². The minimum absolute atomic E-state index is 0.457. The summed E-state index contributed by atoms with van der Waals surface area (Å²) in [6, 6.07) is 81.1. The first-order valence-electron chi connectivity index (χ1n) is 23.7. The van der Waals surface area contributed by atoms with Gasteiger partial charge in [0.05, 0.1) is 40.9 Å². The molecule has 13 aromatic rings. The van der Waals surface area contributed by atoms with Crippen molar-refractivity contribution in [3.8, 4) is 78.9 Å². The predicted molar refractivity (Wildman–Crippen MR) is 294 cm³/mol. The van der Waals surface area contributed by atoms with E-state index in [1.807, 2.05) is 84.9 Å². The Balaban J connectivity index is 1.09. The number of aromatic nitrogens is 5. The zero-order valence-corrected chi connectivity index (χ0v) is 38.6. The molecule has 0 radical (unpaired) electrons. The molecule has 0 amide bonds. The minimum Gasteiger partial charge on any atom is -0.310 e. The Bertz CT molecular complexity index is 4350. The smallest absolute Gasteiger partial charge is 0.189 e. The molecule has 334 valence electrons. The molecule has 0 aliphatic heterocycles. The van der Waals surface area contributed by atoms with Gasteiger partial charge in [0.25, 0.3) is 0 Å². The van der Waals surface area contributed by atoms with Crippen molar-refractivity contribution in [3.05, 3.63) is 259 Å². The minimum atomic E-state index is 0.457. The Kier molecular flexibility index (Phi) is 10.1. The summed E-state index contributed by atoms with van der Waals surface area (Å²) < 4.78 is 4.56. The van der Waals surface area contributed by atoms with E-state index in [1.165, 1.54) is 0 Å². The lowest BCUT2D eigenvalue weighted by atomic mass is 10.00. The van der Waals surface area contributed by atoms with Gasteiger partial charge in [-0.05, 0) is 94.0 Å². The molecule has 0 bridgehead atoms. The van der Waals surface area contributed by atoms with Crippen LogP contribution in [0.4, 0.5) is 11.4 Å². The van der Waals surface area contributed by atoms with Crippen LogP contribution in [-0.4, -0.2) is 24.1 Å². The van der Waals surface area contributed by atoms with Gasteiger partial charge in [-0.2, -0.15) is 0 Å². The largest absolute Gasteiger partial charge is 0.310 e. The molecule has 0 fully saturated rings. The van der Waals surface area contributed by atoms with Gasteiger partial charge in [-0.25, -0.2) is 24.6 Å². The molecule has 0 aliphatic carbocycles. The van der Waals surface area contributed by atoms with Gasteiger partial charge < -0.3 is 9.13 Å². The van der Waals surface area contributed by atoms with Gasteiger partial charge in [0.2, 0.25) is 0 Å². The maximum absolute atomic E-state index is 8.22. The van der Waals surface area contributed by atoms with Crippen LogP contribution in [0.2, 0.25) is 0 Å². The summed E-state index contributed by atoms with van der Waals surface area (Å²) in [6.07, 6.45) is 0. The molecule has 0 spiro atoms. The van der Waals surface area contributed by atoms with Crippen molar-refractivity contribution in [2.45, 2.75) is 0 Å². The van der Waals surface area contributed by atoms with Gasteiger partial charge in [0.15, 0.2) is 28.8 Å². The molecule has 0 unspecified atom stereocenters. The molecular formula is C65H39N7. The Morgan fingerprint density at radius 1 is 0.278 bits per heavy atom. The van der Waals surface area contributed by atoms with Crippen molar-refractivity contribution in [1.29, 1.82) is 0 Å². The maximum Gasteiger partial charge on any atom is 0.189 e. The van der Waals surface area contributed by atoms with Crippen molar-refractivity contribution >= 4 is 55.0 Å². The maximum atomic E-state index is 8.22. The van der Waals surface area contributed by atoms with Crippen molar-refractivity contribution in [2.75, 3.05) is 0 Å². The van der Waals surface area contributed by atoms with E-state index >= 15 is 0 Å². The van der Waals surface area contributed by atoms with Gasteiger partial charge in [-0.1, -0.05) is 176 Å². The van der Waals surface area contributed by atoms with Crippen LogP contribution in [0.3, 0.4) is 0 Å². The van der Waals surface area contributed by atoms with E-state index in [1.54, 1.807) is 0 Å². The molecule has 7 nitrogen and oxygen atoms in total. The average molecular weight is 918 g/mol. The molecule has 13 rings (SSSR count). The highest BCUT2D eigenvalue weighted by Crippen LogP contribution is 2.42. The van der Waals surface area contributed by atoms with Gasteiger partial charge in [0, 0.05) is 43.9 Å². The zero-order chi connectivity index (χ0) is 48.1. The molecule has 0 aliphatic rings. The van der Waals surface area contributed by atoms with Gasteiger partial charge in [-0.15, -0.1) is 0 Å². The fraction of sp³-hybridized carbons (Fsp3) is 0. The van der Waals surface area contributed by atoms with Crippen LogP contribution in [0.15, 0.2) is 237 Å². The number of hydrogen-bond acceptors (Lipinski definition) is 3. The van der Waals surface area contributed by atoms with Crippen LogP contribution in [0, 0.1) is 13.1 Å². The van der Waals surface area contributed by atoms with Crippen LogP contribution in [-0.2, 0) is 0 Å². The van der Waals surface area contributed by atoms with Crippen LogP contribution < -0.4 is 0 Å². The second-order valence-corrected chi connectivity index (χ2v) is 17.8. The number of para-hydroxylation sites is 2. The van der Waals surface area contributed by atoms with Crippen LogP contribution in [0.1, 0.15) is 0 Å². The summed E-state index contributed by atoms with van der Waals surface area (Å²) in [5, 5.41) is 4.44. The summed E-state index contributed by atoms with van der Waals surface area (Å²) in [5.41, 5.74) is 15.5. The van der Waals surface area contributed by atoms with E-state index in [2.05, 4.69) is 170 Å². The SMILES string of the molecule is [C-]#[N+]c1cccc(-c2ccc(-n3c4ccccc4c4cc(-c5ccccc5)ccc43)c(-c3nc(-c4ccccc4)nc(-c4ccc([N+]#[C-])cc4-n4c5ccccc5c5cc(-c6ccccc6)ccc54)n3)c2)c1. The number of rotatable bonds is 8. The zero-order valence-electron chi connectivity index (χ0n) is 38.6. The lowest BCUT2D eigenvalue weighted by molar-refractivity contribution is 1.06. The standard InChI is InChI=1S/C65H39N7/c1-66-49-24-16-23-45(37-49)48-31-36-61(71-57-27-14-12-25-51(57)54-38-46(29-34-59(54)71)42-17-6-3-7-18-42)56(40-48)65-69-63(44-21-10-5-11-22-44)68-64(70-65)53-33-32-50(67-2)41-62(53)72-58-28-15-13-26-52(58)55-39-47(30-35-60(55)72)43-19-8-4-9-20-43/h3-41H. The van der Waals surface area contributed by atoms with Crippen LogP contribution >= 0.6 is 0 Å². The van der Waals surface area contributed by atoms with Crippen molar-refractivity contribution in [2.24, 2.45) is 0 Å². The first kappa shape index (κ1) is 41.9. The fourth-order valence-electron chi connectivity index (χ4n) is 10.2. The summed E-state index contributed by atoms with van der Waals surface area (Å²) in [4.78, 5) is 23.9. The third-order valence-corrected chi connectivity index (χ3v) is 13.6. The first-order valence-corrected chi connectivity index (χ1v) is 23.7. The monoisotopic (exact) mass is 917 g/mol. The van der Waals surface area contributed by atoms with Crippen LogP contribution in [0.25, 0.3) is 132 Å². The third kappa shape index (κ3) is 7.17. The summed E-state index contributed by atoms with van der Waals surface area (Å²) in [7, 11) is 0. The number of hydrogen-bond donors (Lipinski definition) is 0. The highest BCUT2D eigenvalue weighted by atomic mass is 15.1. The Morgan fingerprint density at radius 3 is 1.32 bits per heavy atom. The number of benzene rings is 10. The van der Waals surface area contributed by atoms with Crippen molar-refractivity contribution in [3.63, 3.8) is 0 Å². The highest BCUT2D eigenvalue weighted by molar-refractivity contribution is 6.12. The molecule has 0 saturated heterocycles.